The molecule has 1 aliphatic rings. The van der Waals surface area contributed by atoms with Gasteiger partial charge in [0.25, 0.3) is 5.91 Å². The van der Waals surface area contributed by atoms with Gasteiger partial charge in [-0.3, -0.25) is 4.79 Å². The zero-order chi connectivity index (χ0) is 16.4. The number of thiophene rings is 1. The summed E-state index contributed by atoms with van der Waals surface area (Å²) in [6.45, 7) is 1.07. The molecule has 1 unspecified atom stereocenters. The third-order valence-corrected chi connectivity index (χ3v) is 4.85. The summed E-state index contributed by atoms with van der Waals surface area (Å²) in [6.07, 6.45) is 0.645. The fourth-order valence-electron chi connectivity index (χ4n) is 2.47. The highest BCUT2D eigenvalue weighted by Crippen LogP contribution is 2.24. The van der Waals surface area contributed by atoms with Gasteiger partial charge in [-0.1, -0.05) is 17.7 Å². The first-order chi connectivity index (χ1) is 11.0. The second kappa shape index (κ2) is 6.60. The number of carboxylic acids is 1. The fourth-order valence-corrected chi connectivity index (χ4v) is 3.46. The van der Waals surface area contributed by atoms with Gasteiger partial charge in [0.05, 0.1) is 11.4 Å². The van der Waals surface area contributed by atoms with Gasteiger partial charge in [-0.05, 0) is 30.3 Å². The average molecular weight is 352 g/mol. The molecule has 1 N–H and O–H groups in total. The number of hydrogen-bond donors (Lipinski definition) is 1. The Labute approximate surface area is 142 Å². The molecule has 1 fully saturated rings. The molecule has 1 saturated heterocycles. The van der Waals surface area contributed by atoms with Crippen molar-refractivity contribution in [1.29, 1.82) is 0 Å². The number of aromatic carboxylic acids is 1. The van der Waals surface area contributed by atoms with Crippen molar-refractivity contribution in [1.82, 2.24) is 4.90 Å². The highest BCUT2D eigenvalue weighted by atomic mass is 35.5. The molecule has 0 radical (unpaired) electrons. The molecule has 2 aromatic rings. The van der Waals surface area contributed by atoms with Crippen LogP contribution < -0.4 is 4.74 Å². The Morgan fingerprint density at radius 2 is 2.04 bits per heavy atom. The van der Waals surface area contributed by atoms with Crippen LogP contribution in [0.15, 0.2) is 36.4 Å². The number of carbonyl (C=O) groups is 2. The van der Waals surface area contributed by atoms with Crippen LogP contribution in [0.25, 0.3) is 0 Å². The van der Waals surface area contributed by atoms with Gasteiger partial charge < -0.3 is 14.7 Å². The average Bonchev–Trinajstić information content (AvgIpc) is 3.15. The largest absolute Gasteiger partial charge is 0.488 e. The van der Waals surface area contributed by atoms with Crippen LogP contribution in [0, 0.1) is 0 Å². The number of amides is 1. The molecular formula is C16H14ClNO4S. The van der Waals surface area contributed by atoms with E-state index in [1.165, 1.54) is 6.07 Å². The molecule has 2 heterocycles. The molecular weight excluding hydrogens is 338 g/mol. The van der Waals surface area contributed by atoms with Crippen molar-refractivity contribution >= 4 is 34.8 Å². The van der Waals surface area contributed by atoms with Gasteiger partial charge in [-0.15, -0.1) is 11.3 Å². The summed E-state index contributed by atoms with van der Waals surface area (Å²) in [7, 11) is 0. The minimum absolute atomic E-state index is 0.0867. The molecule has 1 aromatic carbocycles. The van der Waals surface area contributed by atoms with Crippen LogP contribution in [0.4, 0.5) is 0 Å². The van der Waals surface area contributed by atoms with Crippen molar-refractivity contribution < 1.29 is 19.4 Å². The molecule has 1 amide bonds. The summed E-state index contributed by atoms with van der Waals surface area (Å²) in [5, 5.41) is 9.53. The molecule has 0 bridgehead atoms. The second-order valence-corrected chi connectivity index (χ2v) is 6.73. The van der Waals surface area contributed by atoms with Crippen LogP contribution in [0.3, 0.4) is 0 Å². The third-order valence-electron chi connectivity index (χ3n) is 3.56. The molecule has 0 aliphatic carbocycles. The third kappa shape index (κ3) is 3.65. The van der Waals surface area contributed by atoms with Crippen LogP contribution in [-0.4, -0.2) is 41.1 Å². The SMILES string of the molecule is O=C(O)c1ccc(C(=O)N2CCC(Oc3cccc(Cl)c3)C2)s1. The number of ether oxygens (including phenoxy) is 1. The first-order valence-corrected chi connectivity index (χ1v) is 8.27. The van der Waals surface area contributed by atoms with E-state index in [0.717, 1.165) is 17.8 Å². The number of carbonyl (C=O) groups excluding carboxylic acids is 1. The minimum Gasteiger partial charge on any atom is -0.488 e. The van der Waals surface area contributed by atoms with E-state index >= 15 is 0 Å². The van der Waals surface area contributed by atoms with Crippen molar-refractivity contribution in [2.75, 3.05) is 13.1 Å². The Bertz CT molecular complexity index is 745. The number of benzene rings is 1. The van der Waals surface area contributed by atoms with Gasteiger partial charge in [0, 0.05) is 18.0 Å². The Balaban J connectivity index is 1.62. The van der Waals surface area contributed by atoms with Crippen LogP contribution in [0.2, 0.25) is 5.02 Å². The maximum absolute atomic E-state index is 12.4. The lowest BCUT2D eigenvalue weighted by Gasteiger charge is -2.16. The van der Waals surface area contributed by atoms with Gasteiger partial charge in [0.2, 0.25) is 0 Å². The molecule has 23 heavy (non-hydrogen) atoms. The molecule has 1 aliphatic heterocycles. The van der Waals surface area contributed by atoms with E-state index in [9.17, 15) is 9.59 Å². The lowest BCUT2D eigenvalue weighted by molar-refractivity contribution is 0.0701. The van der Waals surface area contributed by atoms with Gasteiger partial charge in [0.1, 0.15) is 16.7 Å². The lowest BCUT2D eigenvalue weighted by Crippen LogP contribution is -2.30. The van der Waals surface area contributed by atoms with Crippen molar-refractivity contribution in [3.63, 3.8) is 0 Å². The van der Waals surface area contributed by atoms with E-state index in [-0.39, 0.29) is 16.9 Å². The summed E-state index contributed by atoms with van der Waals surface area (Å²) in [5.74, 6) is -0.488. The summed E-state index contributed by atoms with van der Waals surface area (Å²) in [6, 6.07) is 10.2. The first kappa shape index (κ1) is 15.8. The number of halogens is 1. The van der Waals surface area contributed by atoms with E-state index in [4.69, 9.17) is 21.4 Å². The predicted octanol–water partition coefficient (Wildman–Crippen LogP) is 3.39. The molecule has 7 heteroatoms. The van der Waals surface area contributed by atoms with Crippen LogP contribution in [0.1, 0.15) is 25.8 Å². The van der Waals surface area contributed by atoms with Crippen molar-refractivity contribution in [2.24, 2.45) is 0 Å². The summed E-state index contributed by atoms with van der Waals surface area (Å²) >= 11 is 6.92. The van der Waals surface area contributed by atoms with Crippen LogP contribution in [-0.2, 0) is 0 Å². The Kier molecular flexibility index (Phi) is 4.54. The Morgan fingerprint density at radius 1 is 1.26 bits per heavy atom. The molecule has 3 rings (SSSR count). The molecule has 0 spiro atoms. The van der Waals surface area contributed by atoms with Gasteiger partial charge in [-0.25, -0.2) is 4.79 Å². The zero-order valence-corrected chi connectivity index (χ0v) is 13.6. The van der Waals surface area contributed by atoms with Gasteiger partial charge >= 0.3 is 5.97 Å². The zero-order valence-electron chi connectivity index (χ0n) is 12.1. The molecule has 1 atom stereocenters. The van der Waals surface area contributed by atoms with E-state index in [2.05, 4.69) is 0 Å². The fraction of sp³-hybridized carbons (Fsp3) is 0.250. The second-order valence-electron chi connectivity index (χ2n) is 5.21. The van der Waals surface area contributed by atoms with Crippen LogP contribution in [0.5, 0.6) is 5.75 Å². The Hall–Kier alpha value is -2.05. The highest BCUT2D eigenvalue weighted by molar-refractivity contribution is 7.15. The topological polar surface area (TPSA) is 66.8 Å². The van der Waals surface area contributed by atoms with E-state index in [1.54, 1.807) is 23.1 Å². The highest BCUT2D eigenvalue weighted by Gasteiger charge is 2.29. The summed E-state index contributed by atoms with van der Waals surface area (Å²) < 4.78 is 5.85. The number of nitrogens with zero attached hydrogens (tertiary/aromatic N) is 1. The molecule has 120 valence electrons. The summed E-state index contributed by atoms with van der Waals surface area (Å²) in [5.41, 5.74) is 0. The molecule has 5 nitrogen and oxygen atoms in total. The minimum atomic E-state index is -1.02. The summed E-state index contributed by atoms with van der Waals surface area (Å²) in [4.78, 5) is 25.6. The van der Waals surface area contributed by atoms with Crippen molar-refractivity contribution in [3.05, 3.63) is 51.2 Å². The number of likely N-dealkylation sites (tertiary alicyclic amines) is 1. The van der Waals surface area contributed by atoms with Gasteiger partial charge in [-0.2, -0.15) is 0 Å². The predicted molar refractivity (Wildman–Crippen MR) is 87.7 cm³/mol. The van der Waals surface area contributed by atoms with Crippen molar-refractivity contribution in [2.45, 2.75) is 12.5 Å². The van der Waals surface area contributed by atoms with E-state index in [0.29, 0.717) is 28.7 Å². The van der Waals surface area contributed by atoms with Crippen molar-refractivity contribution in [3.8, 4) is 5.75 Å². The smallest absolute Gasteiger partial charge is 0.345 e. The van der Waals surface area contributed by atoms with E-state index < -0.39 is 5.97 Å². The number of carboxylic acid groups (broad SMARTS) is 1. The lowest BCUT2D eigenvalue weighted by atomic mass is 10.3. The Morgan fingerprint density at radius 3 is 2.74 bits per heavy atom. The van der Waals surface area contributed by atoms with Gasteiger partial charge in [0.15, 0.2) is 0 Å². The van der Waals surface area contributed by atoms with Crippen LogP contribution >= 0.6 is 22.9 Å². The number of rotatable bonds is 4. The number of hydrogen-bond acceptors (Lipinski definition) is 4. The van der Waals surface area contributed by atoms with E-state index in [1.807, 2.05) is 12.1 Å². The quantitative estimate of drug-likeness (QED) is 0.916. The monoisotopic (exact) mass is 351 g/mol. The maximum Gasteiger partial charge on any atom is 0.345 e. The first-order valence-electron chi connectivity index (χ1n) is 7.07. The molecule has 1 aromatic heterocycles. The normalized spacial score (nSPS) is 17.3. The standard InChI is InChI=1S/C16H14ClNO4S/c17-10-2-1-3-11(8-10)22-12-6-7-18(9-12)15(19)13-4-5-14(23-13)16(20)21/h1-5,8,12H,6-7,9H2,(H,20,21). The molecule has 0 saturated carbocycles. The maximum atomic E-state index is 12.4.